The van der Waals surface area contributed by atoms with Gasteiger partial charge in [0.1, 0.15) is 12.4 Å². The Hall–Kier alpha value is -3.42. The maximum atomic E-state index is 9.39. The molecule has 0 saturated carbocycles. The first kappa shape index (κ1) is 24.9. The Labute approximate surface area is 224 Å². The summed E-state index contributed by atoms with van der Waals surface area (Å²) >= 11 is 0. The molecule has 38 heavy (non-hydrogen) atoms. The van der Waals surface area contributed by atoms with Crippen molar-refractivity contribution in [1.29, 1.82) is 5.26 Å². The number of nitrogens with one attached hydrogen (secondary N) is 1. The molecule has 2 atom stereocenters. The second-order valence-electron chi connectivity index (χ2n) is 11.0. The first-order valence-electron chi connectivity index (χ1n) is 13.7. The Morgan fingerprint density at radius 2 is 1.95 bits per heavy atom. The van der Waals surface area contributed by atoms with Gasteiger partial charge in [0.25, 0.3) is 0 Å². The average molecular weight is 516 g/mol. The van der Waals surface area contributed by atoms with Crippen molar-refractivity contribution in [1.82, 2.24) is 30.0 Å². The van der Waals surface area contributed by atoms with Crippen LogP contribution in [0.1, 0.15) is 36.1 Å². The lowest BCUT2D eigenvalue weighted by atomic mass is 10.0. The van der Waals surface area contributed by atoms with Gasteiger partial charge >= 0.3 is 6.01 Å². The number of fused-ring (bicyclic) bond motifs is 2. The van der Waals surface area contributed by atoms with Crippen LogP contribution in [0.5, 0.6) is 6.01 Å². The van der Waals surface area contributed by atoms with Crippen molar-refractivity contribution in [3.8, 4) is 12.1 Å². The molecule has 0 radical (unpaired) electrons. The molecule has 0 amide bonds. The van der Waals surface area contributed by atoms with E-state index in [0.29, 0.717) is 31.6 Å². The van der Waals surface area contributed by atoms with Crippen LogP contribution in [-0.4, -0.2) is 95.5 Å². The summed E-state index contributed by atoms with van der Waals surface area (Å²) in [4.78, 5) is 19.4. The van der Waals surface area contributed by atoms with Crippen LogP contribution in [0.15, 0.2) is 18.3 Å². The van der Waals surface area contributed by atoms with Crippen LogP contribution in [0.25, 0.3) is 10.9 Å². The predicted octanol–water partition coefficient (Wildman–Crippen LogP) is 2.73. The van der Waals surface area contributed by atoms with E-state index in [1.54, 1.807) is 0 Å². The summed E-state index contributed by atoms with van der Waals surface area (Å²) in [6.45, 7) is 8.01. The van der Waals surface area contributed by atoms with Gasteiger partial charge in [0.15, 0.2) is 0 Å². The zero-order valence-electron chi connectivity index (χ0n) is 22.7. The number of aromatic nitrogens is 4. The number of H-pyrrole nitrogens is 1. The molecular formula is C28H37N9O. The fourth-order valence-corrected chi connectivity index (χ4v) is 6.24. The fourth-order valence-electron chi connectivity index (χ4n) is 6.24. The topological polar surface area (TPSA) is 100 Å². The molecule has 0 bridgehead atoms. The number of anilines is 2. The average Bonchev–Trinajstić information content (AvgIpc) is 3.56. The first-order chi connectivity index (χ1) is 18.5. The van der Waals surface area contributed by atoms with Crippen LogP contribution in [0.2, 0.25) is 0 Å². The van der Waals surface area contributed by atoms with Crippen molar-refractivity contribution in [2.45, 2.75) is 51.2 Å². The SMILES string of the molecule is Cc1ccc2cn[nH]c2c1N1CCc2c(nc(OC[C@@H]3CCCN3C)nc2N2CCN(C)C(CC#N)C2)C1. The molecule has 3 aliphatic heterocycles. The van der Waals surface area contributed by atoms with Gasteiger partial charge in [-0.3, -0.25) is 10.00 Å². The molecule has 3 aliphatic rings. The molecule has 1 aromatic carbocycles. The molecule has 0 aliphatic carbocycles. The summed E-state index contributed by atoms with van der Waals surface area (Å²) in [5.41, 5.74) is 5.72. The van der Waals surface area contributed by atoms with Crippen LogP contribution in [0.4, 0.5) is 11.5 Å². The number of benzene rings is 1. The Morgan fingerprint density at radius 1 is 1.08 bits per heavy atom. The van der Waals surface area contributed by atoms with Crippen molar-refractivity contribution in [2.24, 2.45) is 0 Å². The third kappa shape index (κ3) is 4.65. The lowest BCUT2D eigenvalue weighted by Gasteiger charge is -2.41. The molecule has 200 valence electrons. The summed E-state index contributed by atoms with van der Waals surface area (Å²) in [5, 5.41) is 18.0. The van der Waals surface area contributed by atoms with Gasteiger partial charge in [0, 0.05) is 49.2 Å². The zero-order valence-corrected chi connectivity index (χ0v) is 22.7. The lowest BCUT2D eigenvalue weighted by Crippen LogP contribution is -2.52. The number of rotatable bonds is 6. The first-order valence-corrected chi connectivity index (χ1v) is 13.7. The van der Waals surface area contributed by atoms with Crippen LogP contribution in [0, 0.1) is 18.3 Å². The molecule has 0 spiro atoms. The van der Waals surface area contributed by atoms with Crippen molar-refractivity contribution in [2.75, 3.05) is 63.2 Å². The fraction of sp³-hybridized carbons (Fsp3) is 0.571. The van der Waals surface area contributed by atoms with Gasteiger partial charge < -0.3 is 19.4 Å². The number of likely N-dealkylation sites (N-methyl/N-ethyl adjacent to an activating group) is 2. The van der Waals surface area contributed by atoms with Gasteiger partial charge in [0.2, 0.25) is 0 Å². The highest BCUT2D eigenvalue weighted by Crippen LogP contribution is 2.36. The molecule has 1 N–H and O–H groups in total. The van der Waals surface area contributed by atoms with Crippen molar-refractivity contribution < 1.29 is 4.74 Å². The lowest BCUT2D eigenvalue weighted by molar-refractivity contribution is 0.186. The van der Waals surface area contributed by atoms with E-state index in [0.717, 1.165) is 68.0 Å². The highest BCUT2D eigenvalue weighted by Gasteiger charge is 2.31. The Kier molecular flexibility index (Phi) is 6.80. The maximum absolute atomic E-state index is 9.39. The third-order valence-corrected chi connectivity index (χ3v) is 8.61. The van der Waals surface area contributed by atoms with Gasteiger partial charge in [-0.05, 0) is 52.4 Å². The van der Waals surface area contributed by atoms with Gasteiger partial charge in [-0.2, -0.15) is 20.3 Å². The highest BCUT2D eigenvalue weighted by molar-refractivity contribution is 5.92. The number of nitriles is 1. The number of hydrogen-bond acceptors (Lipinski definition) is 9. The minimum Gasteiger partial charge on any atom is -0.462 e. The summed E-state index contributed by atoms with van der Waals surface area (Å²) in [6, 6.07) is 7.71. The number of aryl methyl sites for hydroxylation is 1. The summed E-state index contributed by atoms with van der Waals surface area (Å²) in [5.74, 6) is 0.983. The molecule has 6 rings (SSSR count). The quantitative estimate of drug-likeness (QED) is 0.531. The van der Waals surface area contributed by atoms with Crippen LogP contribution >= 0.6 is 0 Å². The maximum Gasteiger partial charge on any atom is 0.318 e. The molecule has 3 aromatic rings. The van der Waals surface area contributed by atoms with E-state index in [1.807, 2.05) is 6.20 Å². The van der Waals surface area contributed by atoms with Crippen molar-refractivity contribution >= 4 is 22.4 Å². The van der Waals surface area contributed by atoms with Gasteiger partial charge in [-0.25, -0.2) is 0 Å². The number of ether oxygens (including phenoxy) is 1. The molecule has 2 fully saturated rings. The van der Waals surface area contributed by atoms with Crippen LogP contribution in [-0.2, 0) is 13.0 Å². The molecular weight excluding hydrogens is 478 g/mol. The number of nitrogens with zero attached hydrogens (tertiary/aromatic N) is 8. The normalized spacial score (nSPS) is 22.6. The number of aromatic amines is 1. The number of piperazine rings is 1. The van der Waals surface area contributed by atoms with Crippen molar-refractivity contribution in [3.63, 3.8) is 0 Å². The molecule has 10 nitrogen and oxygen atoms in total. The monoisotopic (exact) mass is 515 g/mol. The second-order valence-corrected chi connectivity index (χ2v) is 11.0. The van der Waals surface area contributed by atoms with Gasteiger partial charge in [0.05, 0.1) is 42.1 Å². The Bertz CT molecular complexity index is 1350. The zero-order chi connectivity index (χ0) is 26.2. The number of likely N-dealkylation sites (tertiary alicyclic amines) is 1. The van der Waals surface area contributed by atoms with Gasteiger partial charge in [-0.1, -0.05) is 12.1 Å². The van der Waals surface area contributed by atoms with E-state index >= 15 is 0 Å². The molecule has 2 saturated heterocycles. The largest absolute Gasteiger partial charge is 0.462 e. The predicted molar refractivity (Wildman–Crippen MR) is 148 cm³/mol. The molecule has 10 heteroatoms. The second kappa shape index (κ2) is 10.4. The van der Waals surface area contributed by atoms with E-state index in [1.165, 1.54) is 23.2 Å². The molecule has 2 aromatic heterocycles. The summed E-state index contributed by atoms with van der Waals surface area (Å²) < 4.78 is 6.29. The summed E-state index contributed by atoms with van der Waals surface area (Å²) in [6.07, 6.45) is 5.60. The van der Waals surface area contributed by atoms with E-state index in [-0.39, 0.29) is 6.04 Å². The number of hydrogen-bond donors (Lipinski definition) is 1. The van der Waals surface area contributed by atoms with Crippen LogP contribution < -0.4 is 14.5 Å². The van der Waals surface area contributed by atoms with E-state index in [4.69, 9.17) is 14.7 Å². The Morgan fingerprint density at radius 3 is 2.76 bits per heavy atom. The van der Waals surface area contributed by atoms with E-state index in [9.17, 15) is 5.26 Å². The van der Waals surface area contributed by atoms with Crippen molar-refractivity contribution in [3.05, 3.63) is 35.2 Å². The molecule has 1 unspecified atom stereocenters. The van der Waals surface area contributed by atoms with E-state index in [2.05, 4.69) is 69.0 Å². The van der Waals surface area contributed by atoms with E-state index < -0.39 is 0 Å². The third-order valence-electron chi connectivity index (χ3n) is 8.61. The minimum atomic E-state index is 0.191. The van der Waals surface area contributed by atoms with Crippen LogP contribution in [0.3, 0.4) is 0 Å². The minimum absolute atomic E-state index is 0.191. The molecule has 5 heterocycles. The Balaban J connectivity index is 1.34. The smallest absolute Gasteiger partial charge is 0.318 e. The van der Waals surface area contributed by atoms with Gasteiger partial charge in [-0.15, -0.1) is 0 Å². The highest BCUT2D eigenvalue weighted by atomic mass is 16.5. The summed E-state index contributed by atoms with van der Waals surface area (Å²) in [7, 11) is 4.27. The standard InChI is InChI=1S/C28H37N9O/c1-19-6-7-20-15-30-33-25(20)26(19)36-12-9-23-24(17-36)31-28(38-18-22-5-4-11-34(22)2)32-27(23)37-14-13-35(3)21(16-37)8-10-29/h6-7,15,21-22H,4-5,8-9,11-14,16-18H2,1-3H3,(H,30,33)/t21?,22-/m0/s1.